The third kappa shape index (κ3) is 5.89. The van der Waals surface area contributed by atoms with Crippen LogP contribution < -0.4 is 5.73 Å². The van der Waals surface area contributed by atoms with Gasteiger partial charge in [-0.05, 0) is 24.0 Å². The molecule has 0 aliphatic carbocycles. The molecule has 0 saturated carbocycles. The van der Waals surface area contributed by atoms with Crippen LogP contribution in [-0.4, -0.2) is 5.91 Å². The number of hydrogen-bond donors (Lipinski definition) is 1. The van der Waals surface area contributed by atoms with Crippen LogP contribution in [0.4, 0.5) is 0 Å². The molecule has 1 aromatic rings. The first-order valence-corrected chi connectivity index (χ1v) is 5.58. The number of nitrogens with two attached hydrogens (primary N) is 1. The lowest BCUT2D eigenvalue weighted by molar-refractivity contribution is -0.117. The van der Waals surface area contributed by atoms with Gasteiger partial charge in [0.05, 0.1) is 0 Å². The van der Waals surface area contributed by atoms with Gasteiger partial charge in [0.2, 0.25) is 5.91 Å². The predicted octanol–water partition coefficient (Wildman–Crippen LogP) is 2.69. The second-order valence-electron chi connectivity index (χ2n) is 3.14. The molecular weight excluding hydrogens is 186 g/mol. The molecule has 2 heteroatoms. The third-order valence-corrected chi connectivity index (χ3v) is 2.06. The standard InChI is InChI=1S/C11H15NO.C2H6/c1-2-9-4-3-5-10(8-9)6-7-11(12)13;1-2/h3-5,8H,2,6-7H2,1H3,(H2,12,13);1-2H3. The minimum atomic E-state index is -0.234. The van der Waals surface area contributed by atoms with Gasteiger partial charge < -0.3 is 5.73 Å². The number of rotatable bonds is 4. The summed E-state index contributed by atoms with van der Waals surface area (Å²) in [4.78, 5) is 10.5. The average Bonchev–Trinajstić information content (AvgIpc) is 2.29. The summed E-state index contributed by atoms with van der Waals surface area (Å²) in [5.74, 6) is -0.234. The monoisotopic (exact) mass is 207 g/mol. The van der Waals surface area contributed by atoms with Crippen LogP contribution in [0, 0.1) is 0 Å². The summed E-state index contributed by atoms with van der Waals surface area (Å²) in [7, 11) is 0. The van der Waals surface area contributed by atoms with E-state index in [1.807, 2.05) is 26.0 Å². The molecule has 0 spiro atoms. The lowest BCUT2D eigenvalue weighted by Gasteiger charge is -2.01. The molecule has 1 aromatic carbocycles. The van der Waals surface area contributed by atoms with Crippen molar-refractivity contribution < 1.29 is 4.79 Å². The number of carbonyl (C=O) groups is 1. The summed E-state index contributed by atoms with van der Waals surface area (Å²) in [6.07, 6.45) is 2.22. The second-order valence-corrected chi connectivity index (χ2v) is 3.14. The van der Waals surface area contributed by atoms with Crippen LogP contribution in [-0.2, 0) is 17.6 Å². The smallest absolute Gasteiger partial charge is 0.217 e. The lowest BCUT2D eigenvalue weighted by Crippen LogP contribution is -2.11. The molecule has 0 bridgehead atoms. The van der Waals surface area contributed by atoms with E-state index in [2.05, 4.69) is 19.1 Å². The number of primary amides is 1. The molecule has 0 atom stereocenters. The minimum absolute atomic E-state index is 0.234. The zero-order valence-corrected chi connectivity index (χ0v) is 9.92. The van der Waals surface area contributed by atoms with Crippen LogP contribution in [0.2, 0.25) is 0 Å². The molecule has 2 nitrogen and oxygen atoms in total. The van der Waals surface area contributed by atoms with Crippen molar-refractivity contribution >= 4 is 5.91 Å². The van der Waals surface area contributed by atoms with E-state index in [0.29, 0.717) is 6.42 Å². The quantitative estimate of drug-likeness (QED) is 0.810. The number of amides is 1. The predicted molar refractivity (Wildman–Crippen MR) is 64.7 cm³/mol. The van der Waals surface area contributed by atoms with E-state index < -0.39 is 0 Å². The van der Waals surface area contributed by atoms with Gasteiger partial charge in [-0.15, -0.1) is 0 Å². The van der Waals surface area contributed by atoms with Crippen LogP contribution in [0.3, 0.4) is 0 Å². The first-order valence-electron chi connectivity index (χ1n) is 5.58. The maximum atomic E-state index is 10.5. The molecule has 0 aliphatic rings. The summed E-state index contributed by atoms with van der Waals surface area (Å²) in [5.41, 5.74) is 7.57. The number of benzene rings is 1. The molecule has 1 amide bonds. The van der Waals surface area contributed by atoms with Crippen molar-refractivity contribution in [1.29, 1.82) is 0 Å². The highest BCUT2D eigenvalue weighted by molar-refractivity contribution is 5.73. The Bertz CT molecular complexity index is 294. The zero-order valence-electron chi connectivity index (χ0n) is 9.92. The first-order chi connectivity index (χ1) is 7.22. The molecule has 1 rings (SSSR count). The summed E-state index contributed by atoms with van der Waals surface area (Å²) in [5, 5.41) is 0. The van der Waals surface area contributed by atoms with Gasteiger partial charge in [0, 0.05) is 6.42 Å². The van der Waals surface area contributed by atoms with Crippen molar-refractivity contribution in [3.63, 3.8) is 0 Å². The van der Waals surface area contributed by atoms with Gasteiger partial charge in [-0.2, -0.15) is 0 Å². The molecule has 0 aromatic heterocycles. The summed E-state index contributed by atoms with van der Waals surface area (Å²) < 4.78 is 0. The highest BCUT2D eigenvalue weighted by Gasteiger charge is 1.97. The van der Waals surface area contributed by atoms with E-state index in [1.165, 1.54) is 11.1 Å². The van der Waals surface area contributed by atoms with Gasteiger partial charge in [0.1, 0.15) is 0 Å². The molecule has 0 heterocycles. The molecule has 0 fully saturated rings. The SMILES string of the molecule is CC.CCc1cccc(CCC(N)=O)c1. The van der Waals surface area contributed by atoms with Crippen LogP contribution in [0.1, 0.15) is 38.3 Å². The van der Waals surface area contributed by atoms with Gasteiger partial charge in [0.25, 0.3) is 0 Å². The Hall–Kier alpha value is -1.31. The zero-order chi connectivity index (χ0) is 11.7. The summed E-state index contributed by atoms with van der Waals surface area (Å²) in [6.45, 7) is 6.12. The summed E-state index contributed by atoms with van der Waals surface area (Å²) >= 11 is 0. The maximum absolute atomic E-state index is 10.5. The number of carbonyl (C=O) groups excluding carboxylic acids is 1. The molecule has 0 radical (unpaired) electrons. The Morgan fingerprint density at radius 3 is 2.40 bits per heavy atom. The van der Waals surface area contributed by atoms with Gasteiger partial charge >= 0.3 is 0 Å². The van der Waals surface area contributed by atoms with Crippen molar-refractivity contribution in [2.24, 2.45) is 5.73 Å². The van der Waals surface area contributed by atoms with Crippen molar-refractivity contribution in [2.75, 3.05) is 0 Å². The topological polar surface area (TPSA) is 43.1 Å². The fraction of sp³-hybridized carbons (Fsp3) is 0.462. The van der Waals surface area contributed by atoms with Crippen molar-refractivity contribution in [3.05, 3.63) is 35.4 Å². The average molecular weight is 207 g/mol. The third-order valence-electron chi connectivity index (χ3n) is 2.06. The highest BCUT2D eigenvalue weighted by Crippen LogP contribution is 2.07. The van der Waals surface area contributed by atoms with Crippen LogP contribution >= 0.6 is 0 Å². The van der Waals surface area contributed by atoms with Crippen molar-refractivity contribution in [2.45, 2.75) is 40.0 Å². The highest BCUT2D eigenvalue weighted by atomic mass is 16.1. The molecule has 84 valence electrons. The van der Waals surface area contributed by atoms with Crippen LogP contribution in [0.25, 0.3) is 0 Å². The fourth-order valence-corrected chi connectivity index (χ4v) is 1.27. The van der Waals surface area contributed by atoms with Crippen LogP contribution in [0.5, 0.6) is 0 Å². The minimum Gasteiger partial charge on any atom is -0.370 e. The number of aryl methyl sites for hydroxylation is 2. The Balaban J connectivity index is 0.000000921. The van der Waals surface area contributed by atoms with Crippen LogP contribution in [0.15, 0.2) is 24.3 Å². The molecule has 0 unspecified atom stereocenters. The lowest BCUT2D eigenvalue weighted by atomic mass is 10.1. The number of hydrogen-bond acceptors (Lipinski definition) is 1. The van der Waals surface area contributed by atoms with E-state index in [-0.39, 0.29) is 5.91 Å². The van der Waals surface area contributed by atoms with Crippen molar-refractivity contribution in [1.82, 2.24) is 0 Å². The van der Waals surface area contributed by atoms with E-state index in [9.17, 15) is 4.79 Å². The van der Waals surface area contributed by atoms with E-state index in [4.69, 9.17) is 5.73 Å². The first kappa shape index (κ1) is 13.7. The molecule has 0 aliphatic heterocycles. The summed E-state index contributed by atoms with van der Waals surface area (Å²) in [6, 6.07) is 8.27. The molecule has 2 N–H and O–H groups in total. The Labute approximate surface area is 92.5 Å². The van der Waals surface area contributed by atoms with E-state index in [0.717, 1.165) is 12.8 Å². The Kier molecular flexibility index (Phi) is 7.33. The largest absolute Gasteiger partial charge is 0.370 e. The van der Waals surface area contributed by atoms with Crippen molar-refractivity contribution in [3.8, 4) is 0 Å². The van der Waals surface area contributed by atoms with Gasteiger partial charge in [-0.25, -0.2) is 0 Å². The molecule has 0 saturated heterocycles. The Morgan fingerprint density at radius 2 is 1.87 bits per heavy atom. The molecular formula is C13H21NO. The molecule has 15 heavy (non-hydrogen) atoms. The Morgan fingerprint density at radius 1 is 1.27 bits per heavy atom. The maximum Gasteiger partial charge on any atom is 0.217 e. The van der Waals surface area contributed by atoms with Gasteiger partial charge in [-0.1, -0.05) is 45.0 Å². The second kappa shape index (κ2) is 8.04. The van der Waals surface area contributed by atoms with Gasteiger partial charge in [-0.3, -0.25) is 4.79 Å². The normalized spacial score (nSPS) is 9.00. The van der Waals surface area contributed by atoms with E-state index in [1.54, 1.807) is 0 Å². The fourth-order valence-electron chi connectivity index (χ4n) is 1.27. The van der Waals surface area contributed by atoms with E-state index >= 15 is 0 Å². The van der Waals surface area contributed by atoms with Gasteiger partial charge in [0.15, 0.2) is 0 Å².